The van der Waals surface area contributed by atoms with Crippen molar-refractivity contribution in [2.24, 2.45) is 0 Å². The van der Waals surface area contributed by atoms with E-state index in [9.17, 15) is 0 Å². The molecule has 1 N–H and O–H groups in total. The second-order valence-corrected chi connectivity index (χ2v) is 5.51. The fourth-order valence-corrected chi connectivity index (χ4v) is 3.26. The highest BCUT2D eigenvalue weighted by atomic mass is 14.9. The van der Waals surface area contributed by atoms with E-state index in [0.29, 0.717) is 12.0 Å². The maximum atomic E-state index is 3.47. The van der Waals surface area contributed by atoms with Gasteiger partial charge < -0.3 is 5.32 Å². The minimum Gasteiger partial charge on any atom is -0.316 e. The van der Waals surface area contributed by atoms with Crippen molar-refractivity contribution in [1.29, 1.82) is 0 Å². The minimum atomic E-state index is 0.491. The molecule has 1 heteroatoms. The molecule has 1 aliphatic rings. The van der Waals surface area contributed by atoms with E-state index in [1.165, 1.54) is 22.3 Å². The van der Waals surface area contributed by atoms with Gasteiger partial charge in [0.1, 0.15) is 0 Å². The Kier molecular flexibility index (Phi) is 3.39. The third kappa shape index (κ3) is 2.31. The first-order valence-electron chi connectivity index (χ1n) is 7.12. The van der Waals surface area contributed by atoms with Crippen LogP contribution in [0.1, 0.15) is 35.1 Å². The van der Waals surface area contributed by atoms with Gasteiger partial charge in [-0.3, -0.25) is 0 Å². The standard InChI is InChI=1S/C18H21N/c1-13-17-9-5-3-7-14(17)11-16(19-2)12-15-8-4-6-10-18(13)15/h3-10,13,16,19H,11-12H2,1-2H3. The molecule has 3 rings (SSSR count). The summed E-state index contributed by atoms with van der Waals surface area (Å²) >= 11 is 0. The number of benzene rings is 2. The summed E-state index contributed by atoms with van der Waals surface area (Å²) < 4.78 is 0. The average molecular weight is 251 g/mol. The van der Waals surface area contributed by atoms with Crippen LogP contribution in [0, 0.1) is 0 Å². The van der Waals surface area contributed by atoms with E-state index < -0.39 is 0 Å². The molecule has 1 nitrogen and oxygen atoms in total. The maximum Gasteiger partial charge on any atom is 0.0145 e. The van der Waals surface area contributed by atoms with Crippen LogP contribution < -0.4 is 5.32 Å². The monoisotopic (exact) mass is 251 g/mol. The molecule has 0 spiro atoms. The lowest BCUT2D eigenvalue weighted by Gasteiger charge is -2.27. The number of likely N-dealkylation sites (N-methyl/N-ethyl adjacent to an activating group) is 1. The van der Waals surface area contributed by atoms with Gasteiger partial charge in [-0.05, 0) is 42.1 Å². The van der Waals surface area contributed by atoms with Crippen LogP contribution in [0.4, 0.5) is 0 Å². The highest BCUT2D eigenvalue weighted by Gasteiger charge is 2.21. The molecule has 0 heterocycles. The van der Waals surface area contributed by atoms with Crippen LogP contribution >= 0.6 is 0 Å². The van der Waals surface area contributed by atoms with Gasteiger partial charge in [-0.15, -0.1) is 0 Å². The van der Waals surface area contributed by atoms with Crippen LogP contribution in [0.3, 0.4) is 0 Å². The van der Waals surface area contributed by atoms with Gasteiger partial charge in [0.15, 0.2) is 0 Å². The smallest absolute Gasteiger partial charge is 0.0145 e. The average Bonchev–Trinajstić information content (AvgIpc) is 2.45. The summed E-state index contributed by atoms with van der Waals surface area (Å²) in [6.07, 6.45) is 2.23. The molecule has 0 saturated heterocycles. The third-order valence-electron chi connectivity index (χ3n) is 4.38. The van der Waals surface area contributed by atoms with Crippen molar-refractivity contribution in [3.63, 3.8) is 0 Å². The summed E-state index contributed by atoms with van der Waals surface area (Å²) in [6, 6.07) is 18.3. The highest BCUT2D eigenvalue weighted by molar-refractivity contribution is 5.43. The largest absolute Gasteiger partial charge is 0.316 e. The van der Waals surface area contributed by atoms with Crippen molar-refractivity contribution in [1.82, 2.24) is 5.32 Å². The van der Waals surface area contributed by atoms with Crippen LogP contribution in [0.5, 0.6) is 0 Å². The van der Waals surface area contributed by atoms with Gasteiger partial charge in [0.2, 0.25) is 0 Å². The third-order valence-corrected chi connectivity index (χ3v) is 4.38. The lowest BCUT2D eigenvalue weighted by Crippen LogP contribution is -2.32. The number of hydrogen-bond donors (Lipinski definition) is 1. The van der Waals surface area contributed by atoms with E-state index in [2.05, 4.69) is 67.8 Å². The fraction of sp³-hybridized carbons (Fsp3) is 0.333. The van der Waals surface area contributed by atoms with Gasteiger partial charge in [0.25, 0.3) is 0 Å². The molecule has 0 aliphatic heterocycles. The Hall–Kier alpha value is -1.60. The van der Waals surface area contributed by atoms with E-state index in [1.807, 2.05) is 0 Å². The second-order valence-electron chi connectivity index (χ2n) is 5.51. The van der Waals surface area contributed by atoms with E-state index in [4.69, 9.17) is 0 Å². The first-order valence-corrected chi connectivity index (χ1v) is 7.12. The van der Waals surface area contributed by atoms with Crippen LogP contribution in [-0.4, -0.2) is 13.1 Å². The molecule has 98 valence electrons. The van der Waals surface area contributed by atoms with Crippen LogP contribution in [-0.2, 0) is 12.8 Å². The Morgan fingerprint density at radius 3 is 1.79 bits per heavy atom. The predicted octanol–water partition coefficient (Wildman–Crippen LogP) is 3.53. The first-order chi connectivity index (χ1) is 9.29. The summed E-state index contributed by atoms with van der Waals surface area (Å²) in [5.41, 5.74) is 5.94. The zero-order valence-corrected chi connectivity index (χ0v) is 11.7. The summed E-state index contributed by atoms with van der Waals surface area (Å²) in [7, 11) is 2.07. The van der Waals surface area contributed by atoms with Gasteiger partial charge in [0, 0.05) is 12.0 Å². The highest BCUT2D eigenvalue weighted by Crippen LogP contribution is 2.32. The lowest BCUT2D eigenvalue weighted by atomic mass is 9.80. The quantitative estimate of drug-likeness (QED) is 0.817. The van der Waals surface area contributed by atoms with Crippen molar-refractivity contribution in [3.05, 3.63) is 70.8 Å². The molecule has 0 amide bonds. The molecular formula is C18H21N. The fourth-order valence-electron chi connectivity index (χ4n) is 3.26. The molecule has 1 aliphatic carbocycles. The second kappa shape index (κ2) is 5.18. The van der Waals surface area contributed by atoms with Crippen molar-refractivity contribution in [3.8, 4) is 0 Å². The summed E-state index contributed by atoms with van der Waals surface area (Å²) in [4.78, 5) is 0. The minimum absolute atomic E-state index is 0.491. The Morgan fingerprint density at radius 2 is 1.32 bits per heavy atom. The number of fused-ring (bicyclic) bond motifs is 2. The Bertz CT molecular complexity index is 524. The first kappa shape index (κ1) is 12.4. The molecule has 0 atom stereocenters. The molecule has 0 aromatic heterocycles. The van der Waals surface area contributed by atoms with E-state index >= 15 is 0 Å². The zero-order chi connectivity index (χ0) is 13.2. The van der Waals surface area contributed by atoms with Crippen LogP contribution in [0.15, 0.2) is 48.5 Å². The maximum absolute atomic E-state index is 3.47. The Labute approximate surface area is 115 Å². The number of rotatable bonds is 1. The number of nitrogens with one attached hydrogen (secondary N) is 1. The van der Waals surface area contributed by atoms with Gasteiger partial charge in [0.05, 0.1) is 0 Å². The molecule has 0 fully saturated rings. The van der Waals surface area contributed by atoms with E-state index in [1.54, 1.807) is 0 Å². The molecule has 2 aromatic rings. The number of hydrogen-bond acceptors (Lipinski definition) is 1. The molecule has 0 radical (unpaired) electrons. The van der Waals surface area contributed by atoms with Crippen molar-refractivity contribution in [2.75, 3.05) is 7.05 Å². The summed E-state index contributed by atoms with van der Waals surface area (Å²) in [6.45, 7) is 2.33. The van der Waals surface area contributed by atoms with Gasteiger partial charge >= 0.3 is 0 Å². The van der Waals surface area contributed by atoms with Crippen molar-refractivity contribution < 1.29 is 0 Å². The molecule has 0 bridgehead atoms. The predicted molar refractivity (Wildman–Crippen MR) is 80.7 cm³/mol. The summed E-state index contributed by atoms with van der Waals surface area (Å²) in [5.74, 6) is 0.491. The van der Waals surface area contributed by atoms with Crippen LogP contribution in [0.2, 0.25) is 0 Å². The molecular weight excluding hydrogens is 230 g/mol. The summed E-state index contributed by atoms with van der Waals surface area (Å²) in [5, 5.41) is 3.47. The van der Waals surface area contributed by atoms with Crippen LogP contribution in [0.25, 0.3) is 0 Å². The van der Waals surface area contributed by atoms with E-state index in [-0.39, 0.29) is 0 Å². The molecule has 2 aromatic carbocycles. The Morgan fingerprint density at radius 1 is 0.842 bits per heavy atom. The van der Waals surface area contributed by atoms with Gasteiger partial charge in [-0.1, -0.05) is 55.5 Å². The topological polar surface area (TPSA) is 12.0 Å². The zero-order valence-electron chi connectivity index (χ0n) is 11.7. The SMILES string of the molecule is CNC1Cc2ccccc2C(C)c2ccccc2C1. The molecule has 0 saturated carbocycles. The van der Waals surface area contributed by atoms with E-state index in [0.717, 1.165) is 12.8 Å². The lowest BCUT2D eigenvalue weighted by molar-refractivity contribution is 0.544. The van der Waals surface area contributed by atoms with Gasteiger partial charge in [-0.25, -0.2) is 0 Å². The van der Waals surface area contributed by atoms with Crippen molar-refractivity contribution >= 4 is 0 Å². The van der Waals surface area contributed by atoms with Gasteiger partial charge in [-0.2, -0.15) is 0 Å². The van der Waals surface area contributed by atoms with Crippen molar-refractivity contribution in [2.45, 2.75) is 31.7 Å². The normalized spacial score (nSPS) is 22.0. The molecule has 0 unspecified atom stereocenters. The molecule has 19 heavy (non-hydrogen) atoms. The Balaban J connectivity index is 2.14.